The molecule has 0 amide bonds. The Bertz CT molecular complexity index is 574. The summed E-state index contributed by atoms with van der Waals surface area (Å²) < 4.78 is 20.3. The Morgan fingerprint density at radius 3 is 2.80 bits per heavy atom. The van der Waals surface area contributed by atoms with Crippen LogP contribution in [0.15, 0.2) is 42.5 Å². The maximum Gasteiger partial charge on any atom is 0.132 e. The molecular weight excluding hydrogens is 368 g/mol. The molecule has 0 saturated heterocycles. The van der Waals surface area contributed by atoms with Crippen LogP contribution >= 0.6 is 22.6 Å². The Morgan fingerprint density at radius 2 is 2.05 bits per heavy atom. The largest absolute Gasteiger partial charge is 0.457 e. The fourth-order valence-corrected chi connectivity index (χ4v) is 2.36. The fourth-order valence-electron chi connectivity index (χ4n) is 1.84. The topological polar surface area (TPSA) is 21.3 Å². The molecule has 20 heavy (non-hydrogen) atoms. The lowest BCUT2D eigenvalue weighted by Gasteiger charge is -2.12. The predicted molar refractivity (Wildman–Crippen MR) is 87.6 cm³/mol. The third kappa shape index (κ3) is 4.45. The number of nitrogens with one attached hydrogen (secondary N) is 1. The lowest BCUT2D eigenvalue weighted by atomic mass is 10.2. The van der Waals surface area contributed by atoms with Crippen molar-refractivity contribution in [3.05, 3.63) is 57.4 Å². The van der Waals surface area contributed by atoms with Crippen molar-refractivity contribution in [1.29, 1.82) is 0 Å². The molecule has 2 nitrogen and oxygen atoms in total. The highest BCUT2D eigenvalue weighted by molar-refractivity contribution is 14.1. The van der Waals surface area contributed by atoms with Crippen LogP contribution in [0.3, 0.4) is 0 Å². The van der Waals surface area contributed by atoms with Crippen LogP contribution in [0.5, 0.6) is 11.5 Å². The van der Waals surface area contributed by atoms with E-state index in [9.17, 15) is 4.39 Å². The van der Waals surface area contributed by atoms with Gasteiger partial charge in [-0.2, -0.15) is 0 Å². The van der Waals surface area contributed by atoms with Gasteiger partial charge in [0.1, 0.15) is 17.3 Å². The molecule has 0 saturated carbocycles. The first-order valence-electron chi connectivity index (χ1n) is 6.61. The minimum absolute atomic E-state index is 0.242. The summed E-state index contributed by atoms with van der Waals surface area (Å²) in [5.74, 6) is 1.21. The zero-order chi connectivity index (χ0) is 14.4. The van der Waals surface area contributed by atoms with Gasteiger partial charge in [-0.1, -0.05) is 13.0 Å². The zero-order valence-corrected chi connectivity index (χ0v) is 13.5. The summed E-state index contributed by atoms with van der Waals surface area (Å²) in [6, 6.07) is 12.4. The predicted octanol–water partition coefficient (Wildman–Crippen LogP) is 4.72. The Labute approximate surface area is 132 Å². The van der Waals surface area contributed by atoms with Crippen molar-refractivity contribution in [1.82, 2.24) is 5.32 Å². The summed E-state index contributed by atoms with van der Waals surface area (Å²) in [5, 5.41) is 3.27. The molecule has 106 valence electrons. The minimum Gasteiger partial charge on any atom is -0.457 e. The second-order valence-electron chi connectivity index (χ2n) is 4.49. The molecule has 0 aliphatic heterocycles. The van der Waals surface area contributed by atoms with Crippen LogP contribution in [0.4, 0.5) is 4.39 Å². The summed E-state index contributed by atoms with van der Waals surface area (Å²) in [6.07, 6.45) is 1.04. The lowest BCUT2D eigenvalue weighted by molar-refractivity contribution is 0.469. The van der Waals surface area contributed by atoms with Crippen molar-refractivity contribution < 1.29 is 9.13 Å². The molecule has 0 atom stereocenters. The minimum atomic E-state index is -0.242. The Morgan fingerprint density at radius 1 is 1.20 bits per heavy atom. The van der Waals surface area contributed by atoms with Gasteiger partial charge in [0, 0.05) is 15.7 Å². The van der Waals surface area contributed by atoms with Crippen molar-refractivity contribution >= 4 is 22.6 Å². The molecule has 2 aromatic rings. The zero-order valence-electron chi connectivity index (χ0n) is 11.3. The van der Waals surface area contributed by atoms with Crippen LogP contribution in [0, 0.1) is 9.39 Å². The van der Waals surface area contributed by atoms with E-state index in [4.69, 9.17) is 4.74 Å². The first-order valence-corrected chi connectivity index (χ1v) is 7.69. The van der Waals surface area contributed by atoms with Crippen LogP contribution in [0.2, 0.25) is 0 Å². The van der Waals surface area contributed by atoms with Crippen LogP contribution in [-0.4, -0.2) is 6.54 Å². The SMILES string of the molecule is CCCNCc1cc(F)ccc1Oc1cccc(I)c1. The molecular formula is C16H17FINO. The van der Waals surface area contributed by atoms with E-state index in [1.165, 1.54) is 12.1 Å². The van der Waals surface area contributed by atoms with Crippen LogP contribution in [0.1, 0.15) is 18.9 Å². The van der Waals surface area contributed by atoms with Crippen LogP contribution in [0.25, 0.3) is 0 Å². The first kappa shape index (κ1) is 15.3. The summed E-state index contributed by atoms with van der Waals surface area (Å²) in [7, 11) is 0. The second kappa shape index (κ2) is 7.59. The molecule has 0 bridgehead atoms. The highest BCUT2D eigenvalue weighted by Gasteiger charge is 2.07. The molecule has 1 N–H and O–H groups in total. The van der Waals surface area contributed by atoms with Gasteiger partial charge in [0.15, 0.2) is 0 Å². The molecule has 0 unspecified atom stereocenters. The monoisotopic (exact) mass is 385 g/mol. The van der Waals surface area contributed by atoms with Gasteiger partial charge in [-0.05, 0) is 72.0 Å². The van der Waals surface area contributed by atoms with Gasteiger partial charge < -0.3 is 10.1 Å². The van der Waals surface area contributed by atoms with Crippen molar-refractivity contribution in [3.8, 4) is 11.5 Å². The van der Waals surface area contributed by atoms with E-state index in [1.807, 2.05) is 24.3 Å². The van der Waals surface area contributed by atoms with Gasteiger partial charge in [0.05, 0.1) is 0 Å². The summed E-state index contributed by atoms with van der Waals surface area (Å²) in [4.78, 5) is 0. The van der Waals surface area contributed by atoms with Crippen LogP contribution < -0.4 is 10.1 Å². The number of ether oxygens (including phenoxy) is 1. The number of hydrogen-bond donors (Lipinski definition) is 1. The fraction of sp³-hybridized carbons (Fsp3) is 0.250. The van der Waals surface area contributed by atoms with E-state index in [2.05, 4.69) is 34.8 Å². The number of hydrogen-bond acceptors (Lipinski definition) is 2. The highest BCUT2D eigenvalue weighted by Crippen LogP contribution is 2.27. The summed E-state index contributed by atoms with van der Waals surface area (Å²) >= 11 is 2.24. The van der Waals surface area contributed by atoms with Gasteiger partial charge in [0.2, 0.25) is 0 Å². The maximum absolute atomic E-state index is 13.4. The van der Waals surface area contributed by atoms with Gasteiger partial charge in [0.25, 0.3) is 0 Å². The van der Waals surface area contributed by atoms with E-state index in [1.54, 1.807) is 6.07 Å². The quantitative estimate of drug-likeness (QED) is 0.574. The first-order chi connectivity index (χ1) is 9.69. The molecule has 4 heteroatoms. The van der Waals surface area contributed by atoms with Crippen molar-refractivity contribution in [2.45, 2.75) is 19.9 Å². The Hall–Kier alpha value is -1.14. The van der Waals surface area contributed by atoms with Gasteiger partial charge >= 0.3 is 0 Å². The van der Waals surface area contributed by atoms with Gasteiger partial charge in [-0.3, -0.25) is 0 Å². The van der Waals surface area contributed by atoms with E-state index in [-0.39, 0.29) is 5.82 Å². The van der Waals surface area contributed by atoms with Gasteiger partial charge in [-0.15, -0.1) is 0 Å². The molecule has 0 spiro atoms. The summed E-state index contributed by atoms with van der Waals surface area (Å²) in [5.41, 5.74) is 0.831. The van der Waals surface area contributed by atoms with Crippen molar-refractivity contribution in [2.75, 3.05) is 6.54 Å². The average molecular weight is 385 g/mol. The number of halogens is 2. The molecule has 0 radical (unpaired) electrons. The molecule has 0 aromatic heterocycles. The van der Waals surface area contributed by atoms with E-state index < -0.39 is 0 Å². The summed E-state index contributed by atoms with van der Waals surface area (Å²) in [6.45, 7) is 3.60. The van der Waals surface area contributed by atoms with Crippen LogP contribution in [-0.2, 0) is 6.54 Å². The lowest BCUT2D eigenvalue weighted by Crippen LogP contribution is -2.14. The normalized spacial score (nSPS) is 10.6. The van der Waals surface area contributed by atoms with E-state index in [0.717, 1.165) is 27.8 Å². The van der Waals surface area contributed by atoms with Crippen molar-refractivity contribution in [2.24, 2.45) is 0 Å². The number of rotatable bonds is 6. The molecule has 0 heterocycles. The maximum atomic E-state index is 13.4. The smallest absolute Gasteiger partial charge is 0.132 e. The molecule has 0 aliphatic carbocycles. The second-order valence-corrected chi connectivity index (χ2v) is 5.73. The van der Waals surface area contributed by atoms with E-state index in [0.29, 0.717) is 12.3 Å². The Balaban J connectivity index is 2.17. The van der Waals surface area contributed by atoms with Gasteiger partial charge in [-0.25, -0.2) is 4.39 Å². The molecule has 0 aliphatic rings. The molecule has 2 rings (SSSR count). The number of benzene rings is 2. The third-order valence-electron chi connectivity index (χ3n) is 2.79. The third-order valence-corrected chi connectivity index (χ3v) is 3.46. The standard InChI is InChI=1S/C16H17FINO/c1-2-8-19-11-12-9-13(17)6-7-16(12)20-15-5-3-4-14(18)10-15/h3-7,9-10,19H,2,8,11H2,1H3. The average Bonchev–Trinajstić information content (AvgIpc) is 2.42. The molecule has 2 aromatic carbocycles. The highest BCUT2D eigenvalue weighted by atomic mass is 127. The van der Waals surface area contributed by atoms with E-state index >= 15 is 0 Å². The molecule has 0 fully saturated rings. The van der Waals surface area contributed by atoms with Crippen molar-refractivity contribution in [3.63, 3.8) is 0 Å². The Kier molecular flexibility index (Phi) is 5.79.